The van der Waals surface area contributed by atoms with E-state index >= 15 is 0 Å². The molecule has 0 saturated carbocycles. The average molecular weight is 419 g/mol. The zero-order valence-electron chi connectivity index (χ0n) is 15.9. The number of halogens is 1. The van der Waals surface area contributed by atoms with Crippen LogP contribution < -0.4 is 10.0 Å². The summed E-state index contributed by atoms with van der Waals surface area (Å²) in [5, 5.41) is 2.58. The van der Waals surface area contributed by atoms with Crippen LogP contribution in [0.25, 0.3) is 0 Å². The number of sulfonamides is 1. The van der Waals surface area contributed by atoms with Gasteiger partial charge < -0.3 is 10.2 Å². The first-order chi connectivity index (χ1) is 13.8. The zero-order valence-corrected chi connectivity index (χ0v) is 16.8. The molecule has 3 rings (SSSR count). The van der Waals surface area contributed by atoms with E-state index in [-0.39, 0.29) is 28.6 Å². The van der Waals surface area contributed by atoms with E-state index in [0.29, 0.717) is 5.56 Å². The highest BCUT2D eigenvalue weighted by Crippen LogP contribution is 2.19. The topological polar surface area (TPSA) is 95.6 Å². The highest BCUT2D eigenvalue weighted by atomic mass is 32.2. The normalized spacial score (nSPS) is 13.9. The second kappa shape index (κ2) is 8.60. The number of hydrogen-bond acceptors (Lipinski definition) is 4. The van der Waals surface area contributed by atoms with E-state index in [1.165, 1.54) is 43.3 Å². The van der Waals surface area contributed by atoms with Gasteiger partial charge in [-0.2, -0.15) is 0 Å². The standard InChI is InChI=1S/C20H22FN3O4S/c1-14-12-17(8-9-18(14)21)29(27,28)23-16-6-4-15(5-7-16)20(26)22-13-19(25)24-10-2-3-11-24/h4-9,12,23H,2-3,10-11,13H2,1H3,(H,22,26). The van der Waals surface area contributed by atoms with Crippen LogP contribution in [0.1, 0.15) is 28.8 Å². The van der Waals surface area contributed by atoms with Crippen molar-refractivity contribution in [1.29, 1.82) is 0 Å². The fourth-order valence-corrected chi connectivity index (χ4v) is 4.17. The molecule has 1 fully saturated rings. The molecule has 9 heteroatoms. The largest absolute Gasteiger partial charge is 0.343 e. The first kappa shape index (κ1) is 20.8. The summed E-state index contributed by atoms with van der Waals surface area (Å²) in [4.78, 5) is 25.8. The lowest BCUT2D eigenvalue weighted by Gasteiger charge is -2.15. The Labute approximate surface area is 169 Å². The lowest BCUT2D eigenvalue weighted by molar-refractivity contribution is -0.129. The van der Waals surface area contributed by atoms with Crippen LogP contribution in [-0.4, -0.2) is 44.8 Å². The van der Waals surface area contributed by atoms with E-state index in [1.54, 1.807) is 4.90 Å². The zero-order chi connectivity index (χ0) is 21.0. The lowest BCUT2D eigenvalue weighted by Crippen LogP contribution is -2.38. The molecule has 0 aromatic heterocycles. The average Bonchev–Trinajstić information content (AvgIpc) is 3.23. The molecule has 0 radical (unpaired) electrons. The SMILES string of the molecule is Cc1cc(S(=O)(=O)Nc2ccc(C(=O)NCC(=O)N3CCCC3)cc2)ccc1F. The Hall–Kier alpha value is -2.94. The molecule has 0 aliphatic carbocycles. The predicted octanol–water partition coefficient (Wildman–Crippen LogP) is 2.29. The third kappa shape index (κ3) is 5.11. The number of carbonyl (C=O) groups is 2. The van der Waals surface area contributed by atoms with Crippen molar-refractivity contribution in [1.82, 2.24) is 10.2 Å². The van der Waals surface area contributed by atoms with Crippen LogP contribution in [-0.2, 0) is 14.8 Å². The number of hydrogen-bond donors (Lipinski definition) is 2. The van der Waals surface area contributed by atoms with Crippen LogP contribution in [0.3, 0.4) is 0 Å². The van der Waals surface area contributed by atoms with Crippen molar-refractivity contribution in [2.24, 2.45) is 0 Å². The van der Waals surface area contributed by atoms with Crippen LogP contribution in [0.15, 0.2) is 47.4 Å². The Morgan fingerprint density at radius 3 is 2.34 bits per heavy atom. The molecule has 2 N–H and O–H groups in total. The van der Waals surface area contributed by atoms with Gasteiger partial charge in [-0.1, -0.05) is 0 Å². The first-order valence-corrected chi connectivity index (χ1v) is 10.7. The molecule has 0 unspecified atom stereocenters. The Kier molecular flexibility index (Phi) is 6.17. The molecule has 0 bridgehead atoms. The number of likely N-dealkylation sites (tertiary alicyclic amines) is 1. The van der Waals surface area contributed by atoms with Gasteiger partial charge in [-0.15, -0.1) is 0 Å². The summed E-state index contributed by atoms with van der Waals surface area (Å²) in [6.45, 7) is 2.85. The Bertz CT molecular complexity index is 1020. The second-order valence-corrected chi connectivity index (χ2v) is 8.55. The summed E-state index contributed by atoms with van der Waals surface area (Å²) in [5.74, 6) is -1.02. The molecule has 0 spiro atoms. The maximum absolute atomic E-state index is 13.4. The maximum Gasteiger partial charge on any atom is 0.261 e. The van der Waals surface area contributed by atoms with Gasteiger partial charge in [-0.3, -0.25) is 14.3 Å². The van der Waals surface area contributed by atoms with E-state index in [4.69, 9.17) is 0 Å². The van der Waals surface area contributed by atoms with E-state index in [0.717, 1.165) is 32.0 Å². The Balaban J connectivity index is 1.61. The first-order valence-electron chi connectivity index (χ1n) is 9.21. The number of nitrogens with zero attached hydrogens (tertiary/aromatic N) is 1. The van der Waals surface area contributed by atoms with Crippen LogP contribution in [0.5, 0.6) is 0 Å². The van der Waals surface area contributed by atoms with Crippen molar-refractivity contribution in [3.05, 3.63) is 59.4 Å². The van der Waals surface area contributed by atoms with Crippen molar-refractivity contribution < 1.29 is 22.4 Å². The van der Waals surface area contributed by atoms with E-state index in [2.05, 4.69) is 10.0 Å². The minimum atomic E-state index is -3.88. The minimum Gasteiger partial charge on any atom is -0.343 e. The van der Waals surface area contributed by atoms with Gasteiger partial charge in [-0.05, 0) is 67.8 Å². The number of rotatable bonds is 6. The summed E-state index contributed by atoms with van der Waals surface area (Å²) in [5.41, 5.74) is 0.792. The minimum absolute atomic E-state index is 0.0568. The molecule has 7 nitrogen and oxygen atoms in total. The Morgan fingerprint density at radius 2 is 1.72 bits per heavy atom. The van der Waals surface area contributed by atoms with Crippen LogP contribution in [0.4, 0.5) is 10.1 Å². The Morgan fingerprint density at radius 1 is 1.07 bits per heavy atom. The molecular formula is C20H22FN3O4S. The second-order valence-electron chi connectivity index (χ2n) is 6.86. The van der Waals surface area contributed by atoms with Gasteiger partial charge in [-0.25, -0.2) is 12.8 Å². The molecule has 1 heterocycles. The predicted molar refractivity (Wildman–Crippen MR) is 107 cm³/mol. The molecular weight excluding hydrogens is 397 g/mol. The molecule has 2 aromatic carbocycles. The summed E-state index contributed by atoms with van der Waals surface area (Å²) in [6, 6.07) is 9.35. The number of anilines is 1. The van der Waals surface area contributed by atoms with Gasteiger partial charge in [0.15, 0.2) is 0 Å². The van der Waals surface area contributed by atoms with Gasteiger partial charge in [0.25, 0.3) is 15.9 Å². The molecule has 1 saturated heterocycles. The van der Waals surface area contributed by atoms with Crippen LogP contribution in [0.2, 0.25) is 0 Å². The van der Waals surface area contributed by atoms with Gasteiger partial charge in [0.2, 0.25) is 5.91 Å². The number of benzene rings is 2. The number of nitrogens with one attached hydrogen (secondary N) is 2. The smallest absolute Gasteiger partial charge is 0.261 e. The molecule has 1 aliphatic heterocycles. The fourth-order valence-electron chi connectivity index (χ4n) is 3.02. The quantitative estimate of drug-likeness (QED) is 0.751. The van der Waals surface area contributed by atoms with Crippen molar-refractivity contribution in [2.45, 2.75) is 24.7 Å². The lowest BCUT2D eigenvalue weighted by atomic mass is 10.2. The molecule has 2 aromatic rings. The van der Waals surface area contributed by atoms with Crippen molar-refractivity contribution in [2.75, 3.05) is 24.4 Å². The molecule has 29 heavy (non-hydrogen) atoms. The van der Waals surface area contributed by atoms with E-state index in [1.807, 2.05) is 0 Å². The van der Waals surface area contributed by atoms with Crippen LogP contribution in [0, 0.1) is 12.7 Å². The number of carbonyl (C=O) groups excluding carboxylic acids is 2. The van der Waals surface area contributed by atoms with Crippen molar-refractivity contribution in [3.8, 4) is 0 Å². The molecule has 1 aliphatic rings. The third-order valence-electron chi connectivity index (χ3n) is 4.70. The summed E-state index contributed by atoms with van der Waals surface area (Å²) in [6.07, 6.45) is 1.96. The highest BCUT2D eigenvalue weighted by Gasteiger charge is 2.19. The van der Waals surface area contributed by atoms with Gasteiger partial charge in [0.05, 0.1) is 11.4 Å². The van der Waals surface area contributed by atoms with E-state index in [9.17, 15) is 22.4 Å². The monoisotopic (exact) mass is 419 g/mol. The third-order valence-corrected chi connectivity index (χ3v) is 6.08. The van der Waals surface area contributed by atoms with Crippen molar-refractivity contribution in [3.63, 3.8) is 0 Å². The highest BCUT2D eigenvalue weighted by molar-refractivity contribution is 7.92. The maximum atomic E-state index is 13.4. The molecule has 2 amide bonds. The van der Waals surface area contributed by atoms with Gasteiger partial charge >= 0.3 is 0 Å². The van der Waals surface area contributed by atoms with Crippen LogP contribution >= 0.6 is 0 Å². The van der Waals surface area contributed by atoms with Crippen molar-refractivity contribution >= 4 is 27.5 Å². The number of amides is 2. The molecule has 0 atom stereocenters. The summed E-state index contributed by atoms with van der Waals surface area (Å²) >= 11 is 0. The van der Waals surface area contributed by atoms with Gasteiger partial charge in [0, 0.05) is 24.3 Å². The summed E-state index contributed by atoms with van der Waals surface area (Å²) in [7, 11) is -3.88. The molecule has 154 valence electrons. The van der Waals surface area contributed by atoms with E-state index < -0.39 is 21.7 Å². The van der Waals surface area contributed by atoms with Gasteiger partial charge in [0.1, 0.15) is 5.82 Å². The summed E-state index contributed by atoms with van der Waals surface area (Å²) < 4.78 is 40.6. The fraction of sp³-hybridized carbons (Fsp3) is 0.300. The number of aryl methyl sites for hydroxylation is 1.